The van der Waals surface area contributed by atoms with Crippen LogP contribution in [0.3, 0.4) is 0 Å². The molecule has 1 amide bonds. The van der Waals surface area contributed by atoms with E-state index in [0.717, 1.165) is 24.5 Å². The van der Waals surface area contributed by atoms with Gasteiger partial charge in [0.25, 0.3) is 0 Å². The number of hydrazine groups is 1. The summed E-state index contributed by atoms with van der Waals surface area (Å²) in [5, 5.41) is 9.11. The molecule has 1 aromatic heterocycles. The Labute approximate surface area is 135 Å². The van der Waals surface area contributed by atoms with Gasteiger partial charge in [0.05, 0.1) is 5.69 Å². The van der Waals surface area contributed by atoms with Crippen molar-refractivity contribution in [1.82, 2.24) is 9.97 Å². The molecule has 0 atom stereocenters. The Kier molecular flexibility index (Phi) is 4.66. The van der Waals surface area contributed by atoms with Gasteiger partial charge in [-0.25, -0.2) is 22.6 Å². The maximum atomic E-state index is 12.9. The molecule has 1 heterocycles. The summed E-state index contributed by atoms with van der Waals surface area (Å²) in [5.74, 6) is -0.694. The minimum atomic E-state index is -3.74. The third-order valence-corrected chi connectivity index (χ3v) is 3.55. The van der Waals surface area contributed by atoms with Gasteiger partial charge in [0.1, 0.15) is 11.0 Å². The van der Waals surface area contributed by atoms with E-state index in [9.17, 15) is 22.7 Å². The molecule has 0 spiro atoms. The number of hydrogen-bond acceptors (Lipinski definition) is 6. The van der Waals surface area contributed by atoms with Crippen LogP contribution in [0, 0.1) is 5.82 Å². The van der Waals surface area contributed by atoms with E-state index in [1.54, 1.807) is 0 Å². The highest BCUT2D eigenvalue weighted by molar-refractivity contribution is 7.90. The highest BCUT2D eigenvalue weighted by atomic mass is 35.5. The smallest absolute Gasteiger partial charge is 0.431 e. The molecule has 0 unspecified atom stereocenters. The van der Waals surface area contributed by atoms with Crippen LogP contribution < -0.4 is 10.4 Å². The van der Waals surface area contributed by atoms with E-state index in [1.165, 1.54) is 12.1 Å². The van der Waals surface area contributed by atoms with Crippen LogP contribution in [-0.4, -0.2) is 35.8 Å². The summed E-state index contributed by atoms with van der Waals surface area (Å²) < 4.78 is 35.9. The van der Waals surface area contributed by atoms with Gasteiger partial charge in [-0.3, -0.25) is 5.43 Å². The first-order chi connectivity index (χ1) is 10.7. The number of hydrogen-bond donors (Lipinski definition) is 2. The quantitative estimate of drug-likeness (QED) is 0.488. The standard InChI is InChI=1S/C12H10ClFN4O4S/c1-23(21,22)11-15-9(13)6-10(16-11)17-18(12(19)20)8-4-2-7(14)3-5-8/h2-6H,1H3,(H,19,20)(H,15,16,17). The molecule has 0 bridgehead atoms. The number of nitrogens with one attached hydrogen (secondary N) is 1. The molecule has 0 aliphatic rings. The lowest BCUT2D eigenvalue weighted by molar-refractivity contribution is 0.203. The minimum Gasteiger partial charge on any atom is -0.463 e. The third kappa shape index (κ3) is 4.27. The van der Waals surface area contributed by atoms with Crippen LogP contribution in [-0.2, 0) is 9.84 Å². The van der Waals surface area contributed by atoms with Crippen LogP contribution >= 0.6 is 11.6 Å². The third-order valence-electron chi connectivity index (χ3n) is 2.51. The molecule has 1 aromatic carbocycles. The zero-order chi connectivity index (χ0) is 17.2. The molecule has 23 heavy (non-hydrogen) atoms. The van der Waals surface area contributed by atoms with Crippen LogP contribution in [0.15, 0.2) is 35.5 Å². The van der Waals surface area contributed by atoms with E-state index in [1.807, 2.05) is 0 Å². The predicted octanol–water partition coefficient (Wildman–Crippen LogP) is 2.18. The van der Waals surface area contributed by atoms with Gasteiger partial charge < -0.3 is 5.11 Å². The summed E-state index contributed by atoms with van der Waals surface area (Å²) in [4.78, 5) is 18.6. The minimum absolute atomic E-state index is 0.0922. The average Bonchev–Trinajstić information content (AvgIpc) is 2.44. The molecule has 8 nitrogen and oxygen atoms in total. The van der Waals surface area contributed by atoms with Gasteiger partial charge in [0.2, 0.25) is 15.0 Å². The first kappa shape index (κ1) is 16.9. The number of benzene rings is 1. The molecule has 0 radical (unpaired) electrons. The van der Waals surface area contributed by atoms with Gasteiger partial charge in [-0.05, 0) is 24.3 Å². The van der Waals surface area contributed by atoms with Crippen LogP contribution in [0.4, 0.5) is 20.7 Å². The van der Waals surface area contributed by atoms with Gasteiger partial charge in [0.15, 0.2) is 5.82 Å². The van der Waals surface area contributed by atoms with E-state index in [4.69, 9.17) is 11.6 Å². The Hall–Kier alpha value is -2.46. The van der Waals surface area contributed by atoms with Crippen molar-refractivity contribution in [2.45, 2.75) is 5.16 Å². The lowest BCUT2D eigenvalue weighted by Crippen LogP contribution is -2.35. The molecule has 2 rings (SSSR count). The Balaban J connectivity index is 2.40. The topological polar surface area (TPSA) is 112 Å². The molecule has 122 valence electrons. The van der Waals surface area contributed by atoms with Gasteiger partial charge in [-0.2, -0.15) is 9.99 Å². The molecular formula is C12H10ClFN4O4S. The van der Waals surface area contributed by atoms with Gasteiger partial charge in [-0.1, -0.05) is 11.6 Å². The highest BCUT2D eigenvalue weighted by Gasteiger charge is 2.18. The second-order valence-corrected chi connectivity index (χ2v) is 6.63. The molecule has 0 aliphatic heterocycles. The maximum absolute atomic E-state index is 12.9. The van der Waals surface area contributed by atoms with Crippen LogP contribution in [0.1, 0.15) is 0 Å². The highest BCUT2D eigenvalue weighted by Crippen LogP contribution is 2.19. The van der Waals surface area contributed by atoms with Crippen LogP contribution in [0.5, 0.6) is 0 Å². The molecule has 0 saturated heterocycles. The second kappa shape index (κ2) is 6.34. The Morgan fingerprint density at radius 3 is 2.43 bits per heavy atom. The zero-order valence-corrected chi connectivity index (χ0v) is 13.1. The lowest BCUT2D eigenvalue weighted by atomic mass is 10.3. The number of rotatable bonds is 4. The molecule has 0 saturated carbocycles. The lowest BCUT2D eigenvalue weighted by Gasteiger charge is -2.20. The van der Waals surface area contributed by atoms with E-state index in [2.05, 4.69) is 15.4 Å². The van der Waals surface area contributed by atoms with Crippen molar-refractivity contribution in [2.24, 2.45) is 0 Å². The number of sulfone groups is 1. The summed E-state index contributed by atoms with van der Waals surface area (Å²) in [6, 6.07) is 5.73. The van der Waals surface area contributed by atoms with E-state index < -0.39 is 26.9 Å². The van der Waals surface area contributed by atoms with Gasteiger partial charge >= 0.3 is 6.09 Å². The molecule has 0 aliphatic carbocycles. The molecule has 11 heteroatoms. The van der Waals surface area contributed by atoms with Crippen molar-refractivity contribution < 1.29 is 22.7 Å². The van der Waals surface area contributed by atoms with Crippen molar-refractivity contribution >= 4 is 39.0 Å². The number of carbonyl (C=O) groups is 1. The fourth-order valence-electron chi connectivity index (χ4n) is 1.55. The average molecular weight is 361 g/mol. The largest absolute Gasteiger partial charge is 0.463 e. The second-order valence-electron chi connectivity index (χ2n) is 4.34. The number of carboxylic acid groups (broad SMARTS) is 1. The number of nitrogens with zero attached hydrogens (tertiary/aromatic N) is 3. The normalized spacial score (nSPS) is 11.1. The van der Waals surface area contributed by atoms with Crippen molar-refractivity contribution in [1.29, 1.82) is 0 Å². The monoisotopic (exact) mass is 360 g/mol. The number of aromatic nitrogens is 2. The fourth-order valence-corrected chi connectivity index (χ4v) is 2.31. The van der Waals surface area contributed by atoms with Crippen molar-refractivity contribution in [2.75, 3.05) is 16.7 Å². The van der Waals surface area contributed by atoms with Crippen molar-refractivity contribution in [3.63, 3.8) is 0 Å². The predicted molar refractivity (Wildman–Crippen MR) is 80.7 cm³/mol. The van der Waals surface area contributed by atoms with Crippen LogP contribution in [0.25, 0.3) is 0 Å². The first-order valence-corrected chi connectivity index (χ1v) is 8.23. The summed E-state index contributed by atoms with van der Waals surface area (Å²) in [5.41, 5.74) is 2.47. The SMILES string of the molecule is CS(=O)(=O)c1nc(Cl)cc(NN(C(=O)O)c2ccc(F)cc2)n1. The van der Waals surface area contributed by atoms with E-state index >= 15 is 0 Å². The molecule has 2 aromatic rings. The molecule has 0 fully saturated rings. The van der Waals surface area contributed by atoms with Crippen molar-refractivity contribution in [3.8, 4) is 0 Å². The van der Waals surface area contributed by atoms with E-state index in [0.29, 0.717) is 5.01 Å². The number of halogens is 2. The Morgan fingerprint density at radius 1 is 1.30 bits per heavy atom. The Bertz CT molecular complexity index is 845. The number of amides is 1. The molecular weight excluding hydrogens is 351 g/mol. The summed E-state index contributed by atoms with van der Waals surface area (Å²) >= 11 is 5.71. The first-order valence-electron chi connectivity index (χ1n) is 5.97. The maximum Gasteiger partial charge on any atom is 0.431 e. The molecule has 2 N–H and O–H groups in total. The summed E-state index contributed by atoms with van der Waals surface area (Å²) in [6.45, 7) is 0. The van der Waals surface area contributed by atoms with Crippen LogP contribution in [0.2, 0.25) is 5.15 Å². The summed E-state index contributed by atoms with van der Waals surface area (Å²) in [7, 11) is -3.74. The van der Waals surface area contributed by atoms with Gasteiger partial charge in [-0.15, -0.1) is 0 Å². The van der Waals surface area contributed by atoms with E-state index in [-0.39, 0.29) is 16.7 Å². The van der Waals surface area contributed by atoms with Crippen molar-refractivity contribution in [3.05, 3.63) is 41.3 Å². The Morgan fingerprint density at radius 2 is 1.91 bits per heavy atom. The zero-order valence-electron chi connectivity index (χ0n) is 11.6. The fraction of sp³-hybridized carbons (Fsp3) is 0.0833. The summed E-state index contributed by atoms with van der Waals surface area (Å²) in [6.07, 6.45) is -0.538. The van der Waals surface area contributed by atoms with Gasteiger partial charge in [0, 0.05) is 12.3 Å². The number of anilines is 2.